The fraction of sp³-hybridized carbons (Fsp3) is 0.222. The van der Waals surface area contributed by atoms with Crippen LogP contribution in [-0.4, -0.2) is 29.6 Å². The first-order chi connectivity index (χ1) is 15.9. The van der Waals surface area contributed by atoms with Crippen LogP contribution in [-0.2, 0) is 6.42 Å². The summed E-state index contributed by atoms with van der Waals surface area (Å²) in [5.74, 6) is 0.782. The van der Waals surface area contributed by atoms with Gasteiger partial charge in [0.15, 0.2) is 0 Å². The lowest BCUT2D eigenvalue weighted by molar-refractivity contribution is 0.193. The quantitative estimate of drug-likeness (QED) is 0.361. The number of methoxy groups -OCH3 is 1. The Bertz CT molecular complexity index is 1320. The van der Waals surface area contributed by atoms with Gasteiger partial charge in [-0.05, 0) is 85.0 Å². The van der Waals surface area contributed by atoms with Gasteiger partial charge in [-0.3, -0.25) is 0 Å². The Morgan fingerprint density at radius 3 is 2.48 bits per heavy atom. The summed E-state index contributed by atoms with van der Waals surface area (Å²) >= 11 is 6.30. The number of halogens is 1. The molecule has 0 saturated heterocycles. The van der Waals surface area contributed by atoms with Gasteiger partial charge in [0.2, 0.25) is 0 Å². The normalized spacial score (nSPS) is 15.4. The second kappa shape index (κ2) is 8.49. The minimum Gasteiger partial charge on any atom is -0.497 e. The summed E-state index contributed by atoms with van der Waals surface area (Å²) in [5.41, 5.74) is 7.32. The van der Waals surface area contributed by atoms with Crippen molar-refractivity contribution < 1.29 is 9.53 Å². The van der Waals surface area contributed by atoms with Crippen molar-refractivity contribution in [1.82, 2.24) is 9.88 Å². The number of fused-ring (bicyclic) bond motifs is 3. The summed E-state index contributed by atoms with van der Waals surface area (Å²) in [6.07, 6.45) is 0.753. The number of nitrogens with one attached hydrogen (secondary N) is 2. The monoisotopic (exact) mass is 459 g/mol. The summed E-state index contributed by atoms with van der Waals surface area (Å²) in [6.45, 7) is 4.66. The first kappa shape index (κ1) is 21.4. The number of amides is 2. The van der Waals surface area contributed by atoms with Crippen molar-refractivity contribution in [2.24, 2.45) is 0 Å². The van der Waals surface area contributed by atoms with Crippen LogP contribution < -0.4 is 10.1 Å². The molecule has 0 aliphatic carbocycles. The minimum atomic E-state index is -0.253. The number of aryl methyl sites for hydroxylation is 2. The second-order valence-corrected chi connectivity index (χ2v) is 9.07. The number of urea groups is 1. The Labute approximate surface area is 198 Å². The van der Waals surface area contributed by atoms with Gasteiger partial charge in [0.25, 0.3) is 0 Å². The lowest BCUT2D eigenvalue weighted by Gasteiger charge is -2.36. The largest absolute Gasteiger partial charge is 0.497 e. The molecule has 1 aliphatic heterocycles. The van der Waals surface area contributed by atoms with Crippen LogP contribution in [0.1, 0.15) is 34.0 Å². The zero-order valence-electron chi connectivity index (χ0n) is 18.9. The molecule has 2 amide bonds. The summed E-state index contributed by atoms with van der Waals surface area (Å²) in [7, 11) is 1.65. The Morgan fingerprint density at radius 2 is 1.79 bits per heavy atom. The predicted octanol–water partition coefficient (Wildman–Crippen LogP) is 6.63. The Morgan fingerprint density at radius 1 is 1.06 bits per heavy atom. The van der Waals surface area contributed by atoms with Gasteiger partial charge < -0.3 is 19.9 Å². The smallest absolute Gasteiger partial charge is 0.322 e. The fourth-order valence-electron chi connectivity index (χ4n) is 4.85. The van der Waals surface area contributed by atoms with E-state index < -0.39 is 0 Å². The highest BCUT2D eigenvalue weighted by Gasteiger charge is 2.34. The number of rotatable bonds is 3. The molecule has 168 valence electrons. The van der Waals surface area contributed by atoms with Crippen molar-refractivity contribution in [2.45, 2.75) is 26.3 Å². The zero-order valence-corrected chi connectivity index (χ0v) is 19.7. The molecule has 0 saturated carbocycles. The number of H-pyrrole nitrogens is 1. The predicted molar refractivity (Wildman–Crippen MR) is 133 cm³/mol. The Balaban J connectivity index is 1.58. The number of hydrogen-bond acceptors (Lipinski definition) is 2. The molecule has 0 radical (unpaired) electrons. The molecule has 0 spiro atoms. The van der Waals surface area contributed by atoms with E-state index in [9.17, 15) is 4.79 Å². The van der Waals surface area contributed by atoms with E-state index in [-0.39, 0.29) is 12.1 Å². The van der Waals surface area contributed by atoms with Crippen LogP contribution in [0.2, 0.25) is 5.02 Å². The van der Waals surface area contributed by atoms with Crippen molar-refractivity contribution in [3.8, 4) is 5.75 Å². The maximum Gasteiger partial charge on any atom is 0.322 e. The van der Waals surface area contributed by atoms with Gasteiger partial charge in [0.05, 0.1) is 13.2 Å². The van der Waals surface area contributed by atoms with E-state index in [4.69, 9.17) is 16.3 Å². The highest BCUT2D eigenvalue weighted by Crippen LogP contribution is 2.39. The molecule has 1 aromatic heterocycles. The lowest BCUT2D eigenvalue weighted by Crippen LogP contribution is -2.43. The van der Waals surface area contributed by atoms with Crippen LogP contribution in [0.5, 0.6) is 5.75 Å². The van der Waals surface area contributed by atoms with Crippen molar-refractivity contribution in [3.63, 3.8) is 0 Å². The van der Waals surface area contributed by atoms with Crippen LogP contribution in [0.15, 0.2) is 60.7 Å². The standard InChI is InChI=1S/C27H26ClN3O2/c1-16-12-17(2)14-20(13-16)29-27(32)31-11-10-22-23-15-19(28)6-9-24(23)30-25(22)26(31)18-4-7-21(33-3)8-5-18/h4-9,12-15,26,30H,10-11H2,1-3H3,(H,29,32)/t26-/m0/s1. The van der Waals surface area contributed by atoms with Crippen LogP contribution in [0.3, 0.4) is 0 Å². The molecule has 5 nitrogen and oxygen atoms in total. The number of anilines is 1. The second-order valence-electron chi connectivity index (χ2n) is 8.63. The molecule has 0 fully saturated rings. The minimum absolute atomic E-state index is 0.122. The molecule has 1 aliphatic rings. The molecule has 0 unspecified atom stereocenters. The summed E-state index contributed by atoms with van der Waals surface area (Å²) in [5, 5.41) is 4.94. The van der Waals surface area contributed by atoms with Gasteiger partial charge in [-0.1, -0.05) is 29.8 Å². The average Bonchev–Trinajstić information content (AvgIpc) is 3.15. The van der Waals surface area contributed by atoms with E-state index in [0.29, 0.717) is 11.6 Å². The van der Waals surface area contributed by atoms with E-state index in [0.717, 1.165) is 51.1 Å². The number of hydrogen-bond donors (Lipinski definition) is 2. The van der Waals surface area contributed by atoms with Crippen molar-refractivity contribution in [3.05, 3.63) is 93.6 Å². The van der Waals surface area contributed by atoms with E-state index >= 15 is 0 Å². The van der Waals surface area contributed by atoms with Crippen LogP contribution in [0.25, 0.3) is 10.9 Å². The third kappa shape index (κ3) is 4.05. The average molecular weight is 460 g/mol. The topological polar surface area (TPSA) is 57.4 Å². The SMILES string of the molecule is COc1ccc([C@H]2c3[nH]c4ccc(Cl)cc4c3CCN2C(=O)Nc2cc(C)cc(C)c2)cc1. The van der Waals surface area contributed by atoms with Crippen LogP contribution in [0, 0.1) is 13.8 Å². The van der Waals surface area contributed by atoms with E-state index in [2.05, 4.69) is 16.4 Å². The summed E-state index contributed by atoms with van der Waals surface area (Å²) in [4.78, 5) is 19.0. The maximum absolute atomic E-state index is 13.5. The van der Waals surface area contributed by atoms with Gasteiger partial charge in [-0.15, -0.1) is 0 Å². The molecular formula is C27H26ClN3O2. The molecule has 33 heavy (non-hydrogen) atoms. The maximum atomic E-state index is 13.5. The number of carbonyl (C=O) groups excluding carboxylic acids is 1. The van der Waals surface area contributed by atoms with Crippen LogP contribution in [0.4, 0.5) is 10.5 Å². The lowest BCUT2D eigenvalue weighted by atomic mass is 9.92. The van der Waals surface area contributed by atoms with Gasteiger partial charge in [-0.25, -0.2) is 4.79 Å². The third-order valence-corrected chi connectivity index (χ3v) is 6.49. The molecule has 2 heterocycles. The molecular weight excluding hydrogens is 434 g/mol. The molecule has 4 aromatic rings. The Hall–Kier alpha value is -3.44. The van der Waals surface area contributed by atoms with Crippen LogP contribution >= 0.6 is 11.6 Å². The van der Waals surface area contributed by atoms with E-state index in [1.54, 1.807) is 7.11 Å². The number of aromatic nitrogens is 1. The van der Waals surface area contributed by atoms with Gasteiger partial charge >= 0.3 is 6.03 Å². The molecule has 1 atom stereocenters. The Kier molecular flexibility index (Phi) is 5.51. The highest BCUT2D eigenvalue weighted by atomic mass is 35.5. The summed E-state index contributed by atoms with van der Waals surface area (Å²) in [6, 6.07) is 19.5. The molecule has 5 rings (SSSR count). The van der Waals surface area contributed by atoms with Gasteiger partial charge in [-0.2, -0.15) is 0 Å². The third-order valence-electron chi connectivity index (χ3n) is 6.25. The van der Waals surface area contributed by atoms with E-state index in [1.807, 2.05) is 73.3 Å². The fourth-order valence-corrected chi connectivity index (χ4v) is 5.03. The van der Waals surface area contributed by atoms with Crippen molar-refractivity contribution >= 4 is 34.2 Å². The van der Waals surface area contributed by atoms with Gasteiger partial charge in [0, 0.05) is 33.9 Å². The van der Waals surface area contributed by atoms with Crippen molar-refractivity contribution in [1.29, 1.82) is 0 Å². The number of carbonyl (C=O) groups is 1. The molecule has 0 bridgehead atoms. The molecule has 2 N–H and O–H groups in total. The summed E-state index contributed by atoms with van der Waals surface area (Å²) < 4.78 is 5.35. The zero-order chi connectivity index (χ0) is 23.1. The number of aromatic amines is 1. The highest BCUT2D eigenvalue weighted by molar-refractivity contribution is 6.31. The number of nitrogens with zero attached hydrogens (tertiary/aromatic N) is 1. The van der Waals surface area contributed by atoms with E-state index in [1.165, 1.54) is 5.56 Å². The number of benzene rings is 3. The molecule has 6 heteroatoms. The van der Waals surface area contributed by atoms with Crippen molar-refractivity contribution in [2.75, 3.05) is 19.0 Å². The van der Waals surface area contributed by atoms with Gasteiger partial charge in [0.1, 0.15) is 5.75 Å². The first-order valence-corrected chi connectivity index (χ1v) is 11.4. The number of ether oxygens (including phenoxy) is 1. The molecule has 3 aromatic carbocycles. The first-order valence-electron chi connectivity index (χ1n) is 11.0.